The molecule has 0 spiro atoms. The summed E-state index contributed by atoms with van der Waals surface area (Å²) in [6.45, 7) is 8.57. The van der Waals surface area contributed by atoms with Crippen LogP contribution in [0.15, 0.2) is 54.2 Å². The summed E-state index contributed by atoms with van der Waals surface area (Å²) >= 11 is 0. The lowest BCUT2D eigenvalue weighted by Crippen LogP contribution is -2.48. The molecular formula is C30H40. The van der Waals surface area contributed by atoms with Crippen molar-refractivity contribution in [3.8, 4) is 0 Å². The molecule has 0 heterocycles. The predicted molar refractivity (Wildman–Crippen MR) is 129 cm³/mol. The van der Waals surface area contributed by atoms with Gasteiger partial charge in [-0.15, -0.1) is 6.58 Å². The van der Waals surface area contributed by atoms with Crippen LogP contribution in [0.2, 0.25) is 0 Å². The van der Waals surface area contributed by atoms with E-state index < -0.39 is 0 Å². The van der Waals surface area contributed by atoms with Gasteiger partial charge in [0, 0.05) is 0 Å². The smallest absolute Gasteiger partial charge is 0.00363 e. The molecule has 1 unspecified atom stereocenters. The van der Waals surface area contributed by atoms with Gasteiger partial charge in [-0.2, -0.15) is 0 Å². The highest BCUT2D eigenvalue weighted by Crippen LogP contribution is 2.61. The van der Waals surface area contributed by atoms with Crippen LogP contribution < -0.4 is 0 Å². The first-order valence-corrected chi connectivity index (χ1v) is 12.6. The van der Waals surface area contributed by atoms with Crippen molar-refractivity contribution in [1.29, 1.82) is 0 Å². The second-order valence-corrected chi connectivity index (χ2v) is 11.5. The summed E-state index contributed by atoms with van der Waals surface area (Å²) in [5.41, 5.74) is 8.22. The maximum atomic E-state index is 4.05. The third kappa shape index (κ3) is 4.12. The van der Waals surface area contributed by atoms with Crippen molar-refractivity contribution in [2.45, 2.75) is 89.9 Å². The molecule has 0 radical (unpaired) electrons. The maximum absolute atomic E-state index is 4.05. The Balaban J connectivity index is 1.24. The Morgan fingerprint density at radius 1 is 1.03 bits per heavy atom. The molecule has 5 aliphatic rings. The summed E-state index contributed by atoms with van der Waals surface area (Å²) in [7, 11) is 0. The molecule has 0 heteroatoms. The number of hydrogen-bond acceptors (Lipinski definition) is 0. The fourth-order valence-electron chi connectivity index (χ4n) is 7.67. The number of allylic oxidation sites excluding steroid dienone is 5. The average molecular weight is 401 g/mol. The molecule has 0 aliphatic heterocycles. The van der Waals surface area contributed by atoms with Crippen LogP contribution in [0.1, 0.15) is 87.8 Å². The van der Waals surface area contributed by atoms with Gasteiger partial charge in [0.25, 0.3) is 0 Å². The van der Waals surface area contributed by atoms with E-state index in [1.165, 1.54) is 69.8 Å². The standard InChI is InChI=1S/C30H40/c1-21(2)4-6-23-8-10-24(11-9-23)12-13-25-7-5-22(3)29(17-25)30-18-26-14-27(19-30)16-28(15-26)20-30/h5,7-8,10-11,17,23,26-28H,1,4,6,9,12-16,18-20H2,2-3H3. The largest absolute Gasteiger partial charge is 0.100 e. The molecule has 0 saturated heterocycles. The van der Waals surface area contributed by atoms with Gasteiger partial charge < -0.3 is 0 Å². The highest BCUT2D eigenvalue weighted by Gasteiger charge is 2.51. The SMILES string of the molecule is C=C(C)CCC1C=CC(CCc2ccc(C)c(C34CC5CC(CC(C5)C3)C4)c2)=CC1. The molecule has 4 saturated carbocycles. The molecule has 0 N–H and O–H groups in total. The third-order valence-electron chi connectivity index (χ3n) is 8.82. The zero-order chi connectivity index (χ0) is 20.7. The molecule has 0 aromatic heterocycles. The van der Waals surface area contributed by atoms with Crippen molar-refractivity contribution in [3.63, 3.8) is 0 Å². The predicted octanol–water partition coefficient (Wildman–Crippen LogP) is 8.25. The zero-order valence-corrected chi connectivity index (χ0v) is 19.3. The van der Waals surface area contributed by atoms with Gasteiger partial charge >= 0.3 is 0 Å². The molecule has 5 aliphatic carbocycles. The lowest BCUT2D eigenvalue weighted by atomic mass is 9.47. The quantitative estimate of drug-likeness (QED) is 0.404. The maximum Gasteiger partial charge on any atom is -0.00363 e. The fraction of sp³-hybridized carbons (Fsp3) is 0.600. The molecule has 1 aromatic rings. The van der Waals surface area contributed by atoms with Crippen LogP contribution in [0, 0.1) is 30.6 Å². The topological polar surface area (TPSA) is 0 Å². The minimum atomic E-state index is 0.523. The summed E-state index contributed by atoms with van der Waals surface area (Å²) in [5.74, 6) is 3.78. The molecule has 4 bridgehead atoms. The first kappa shape index (κ1) is 20.3. The third-order valence-corrected chi connectivity index (χ3v) is 8.82. The molecule has 160 valence electrons. The van der Waals surface area contributed by atoms with E-state index in [1.807, 2.05) is 0 Å². The van der Waals surface area contributed by atoms with Crippen LogP contribution in [-0.2, 0) is 11.8 Å². The lowest BCUT2D eigenvalue weighted by Gasteiger charge is -2.57. The Hall–Kier alpha value is -1.56. The Morgan fingerprint density at radius 2 is 1.73 bits per heavy atom. The van der Waals surface area contributed by atoms with Crippen LogP contribution in [0.5, 0.6) is 0 Å². The molecule has 0 amide bonds. The Labute approximate surface area is 184 Å². The van der Waals surface area contributed by atoms with Crippen LogP contribution in [-0.4, -0.2) is 0 Å². The van der Waals surface area contributed by atoms with Crippen LogP contribution in [0.25, 0.3) is 0 Å². The number of hydrogen-bond donors (Lipinski definition) is 0. The number of benzene rings is 1. The first-order chi connectivity index (χ1) is 14.5. The zero-order valence-electron chi connectivity index (χ0n) is 19.3. The van der Waals surface area contributed by atoms with Crippen molar-refractivity contribution in [3.05, 3.63) is 70.8 Å². The number of aryl methyl sites for hydroxylation is 2. The highest BCUT2D eigenvalue weighted by molar-refractivity contribution is 5.40. The van der Waals surface area contributed by atoms with Crippen LogP contribution in [0.3, 0.4) is 0 Å². The van der Waals surface area contributed by atoms with E-state index >= 15 is 0 Å². The van der Waals surface area contributed by atoms with Crippen molar-refractivity contribution in [2.75, 3.05) is 0 Å². The molecule has 0 nitrogen and oxygen atoms in total. The van der Waals surface area contributed by atoms with E-state index in [9.17, 15) is 0 Å². The van der Waals surface area contributed by atoms with Gasteiger partial charge in [0.05, 0.1) is 0 Å². The Morgan fingerprint density at radius 3 is 2.33 bits per heavy atom. The van der Waals surface area contributed by atoms with E-state index in [-0.39, 0.29) is 0 Å². The monoisotopic (exact) mass is 400 g/mol. The molecule has 6 rings (SSSR count). The molecule has 4 fully saturated rings. The summed E-state index contributed by atoms with van der Waals surface area (Å²) in [4.78, 5) is 0. The minimum Gasteiger partial charge on any atom is -0.100 e. The summed E-state index contributed by atoms with van der Waals surface area (Å²) in [6.07, 6.45) is 22.4. The lowest BCUT2D eigenvalue weighted by molar-refractivity contribution is -0.00549. The average Bonchev–Trinajstić information content (AvgIpc) is 2.71. The van der Waals surface area contributed by atoms with Gasteiger partial charge in [-0.1, -0.05) is 47.6 Å². The van der Waals surface area contributed by atoms with E-state index in [0.29, 0.717) is 11.3 Å². The number of rotatable bonds is 7. The van der Waals surface area contributed by atoms with Crippen LogP contribution >= 0.6 is 0 Å². The van der Waals surface area contributed by atoms with Gasteiger partial charge in [0.1, 0.15) is 0 Å². The van der Waals surface area contributed by atoms with E-state index in [2.05, 4.69) is 56.9 Å². The van der Waals surface area contributed by atoms with Gasteiger partial charge in [0.2, 0.25) is 0 Å². The van der Waals surface area contributed by atoms with E-state index in [1.54, 1.807) is 22.3 Å². The second-order valence-electron chi connectivity index (χ2n) is 11.5. The summed E-state index contributed by atoms with van der Waals surface area (Å²) in [6, 6.07) is 7.47. The van der Waals surface area contributed by atoms with Crippen molar-refractivity contribution in [1.82, 2.24) is 0 Å². The van der Waals surface area contributed by atoms with Gasteiger partial charge in [-0.25, -0.2) is 0 Å². The molecule has 1 atom stereocenters. The molecule has 30 heavy (non-hydrogen) atoms. The normalized spacial score (nSPS) is 34.3. The summed E-state index contributed by atoms with van der Waals surface area (Å²) < 4.78 is 0. The highest BCUT2D eigenvalue weighted by atomic mass is 14.6. The molecule has 1 aromatic carbocycles. The molecular weight excluding hydrogens is 360 g/mol. The van der Waals surface area contributed by atoms with Gasteiger partial charge in [-0.05, 0) is 130 Å². The fourth-order valence-corrected chi connectivity index (χ4v) is 7.67. The van der Waals surface area contributed by atoms with Crippen LogP contribution in [0.4, 0.5) is 0 Å². The Bertz CT molecular complexity index is 829. The minimum absolute atomic E-state index is 0.523. The summed E-state index contributed by atoms with van der Waals surface area (Å²) in [5, 5.41) is 0. The van der Waals surface area contributed by atoms with E-state index in [0.717, 1.165) is 24.2 Å². The van der Waals surface area contributed by atoms with Crippen molar-refractivity contribution in [2.24, 2.45) is 23.7 Å². The Kier molecular flexibility index (Phi) is 5.55. The van der Waals surface area contributed by atoms with Crippen molar-refractivity contribution >= 4 is 0 Å². The van der Waals surface area contributed by atoms with E-state index in [4.69, 9.17) is 0 Å². The van der Waals surface area contributed by atoms with Crippen molar-refractivity contribution < 1.29 is 0 Å². The van der Waals surface area contributed by atoms with Gasteiger partial charge in [-0.3, -0.25) is 0 Å². The van der Waals surface area contributed by atoms with Gasteiger partial charge in [0.15, 0.2) is 0 Å². The second kappa shape index (κ2) is 8.18. The first-order valence-electron chi connectivity index (χ1n) is 12.6.